The second-order valence-electron chi connectivity index (χ2n) is 8.53. The van der Waals surface area contributed by atoms with Gasteiger partial charge in [-0.1, -0.05) is 12.1 Å². The summed E-state index contributed by atoms with van der Waals surface area (Å²) in [4.78, 5) is 35.3. The Labute approximate surface area is 191 Å². The van der Waals surface area contributed by atoms with Crippen molar-refractivity contribution in [1.82, 2.24) is 24.6 Å². The zero-order chi connectivity index (χ0) is 22.9. The summed E-state index contributed by atoms with van der Waals surface area (Å²) in [6.45, 7) is 2.99. The van der Waals surface area contributed by atoms with Crippen LogP contribution in [-0.4, -0.2) is 49.6 Å². The fourth-order valence-electron chi connectivity index (χ4n) is 4.36. The van der Waals surface area contributed by atoms with Crippen LogP contribution in [0.2, 0.25) is 0 Å². The summed E-state index contributed by atoms with van der Waals surface area (Å²) in [7, 11) is 1.78. The highest BCUT2D eigenvalue weighted by Gasteiger charge is 2.29. The Kier molecular flexibility index (Phi) is 5.42. The molecule has 2 aromatic heterocycles. The number of carbonyl (C=O) groups excluding carboxylic acids is 2. The number of amides is 2. The monoisotopic (exact) mass is 442 g/mol. The van der Waals surface area contributed by atoms with Gasteiger partial charge < -0.3 is 15.2 Å². The predicted octanol–water partition coefficient (Wildman–Crippen LogP) is 3.76. The van der Waals surface area contributed by atoms with Gasteiger partial charge in [0.05, 0.1) is 16.7 Å². The maximum atomic E-state index is 12.8. The van der Waals surface area contributed by atoms with E-state index in [9.17, 15) is 9.59 Å². The number of piperidine rings is 1. The number of fused-ring (bicyclic) bond motifs is 1. The van der Waals surface area contributed by atoms with Crippen molar-refractivity contribution >= 4 is 28.5 Å². The molecule has 0 atom stereocenters. The third-order valence-corrected chi connectivity index (χ3v) is 6.19. The highest BCUT2D eigenvalue weighted by Crippen LogP contribution is 2.24. The van der Waals surface area contributed by atoms with E-state index in [2.05, 4.69) is 20.4 Å². The molecular formula is C25H26N6O2. The molecule has 4 aromatic rings. The van der Waals surface area contributed by atoms with Crippen LogP contribution in [0.4, 0.5) is 5.69 Å². The molecule has 33 heavy (non-hydrogen) atoms. The first-order valence-corrected chi connectivity index (χ1v) is 11.1. The number of para-hydroxylation sites is 2. The molecule has 1 saturated heterocycles. The summed E-state index contributed by atoms with van der Waals surface area (Å²) in [5, 5.41) is 7.27. The number of H-pyrrole nitrogens is 1. The number of rotatable bonds is 4. The second-order valence-corrected chi connectivity index (χ2v) is 8.53. The first-order chi connectivity index (χ1) is 16.0. The van der Waals surface area contributed by atoms with Crippen molar-refractivity contribution in [2.24, 2.45) is 13.0 Å². The summed E-state index contributed by atoms with van der Waals surface area (Å²) in [5.41, 5.74) is 5.04. The molecule has 1 fully saturated rings. The van der Waals surface area contributed by atoms with Gasteiger partial charge in [0.15, 0.2) is 0 Å². The van der Waals surface area contributed by atoms with Crippen molar-refractivity contribution < 1.29 is 9.59 Å². The lowest BCUT2D eigenvalue weighted by Gasteiger charge is -2.31. The van der Waals surface area contributed by atoms with E-state index in [0.717, 1.165) is 33.8 Å². The topological polar surface area (TPSA) is 95.9 Å². The van der Waals surface area contributed by atoms with Crippen molar-refractivity contribution in [2.45, 2.75) is 19.8 Å². The molecule has 0 bridgehead atoms. The Hall–Kier alpha value is -3.94. The van der Waals surface area contributed by atoms with Gasteiger partial charge >= 0.3 is 0 Å². The van der Waals surface area contributed by atoms with E-state index in [1.807, 2.05) is 60.4 Å². The van der Waals surface area contributed by atoms with Crippen molar-refractivity contribution in [1.29, 1.82) is 0 Å². The third-order valence-electron chi connectivity index (χ3n) is 6.19. The molecule has 8 heteroatoms. The number of aromatic nitrogens is 4. The number of anilines is 1. The number of aryl methyl sites for hydroxylation is 2. The Morgan fingerprint density at radius 3 is 2.45 bits per heavy atom. The van der Waals surface area contributed by atoms with Gasteiger partial charge in [-0.25, -0.2) is 4.98 Å². The lowest BCUT2D eigenvalue weighted by molar-refractivity contribution is -0.121. The SMILES string of the molecule is Cc1cc(C(=O)N2CCC(C(=O)Nc3ccc(-c4nc5ccccc5[nH]4)cc3)CC2)n(C)n1. The molecule has 8 nitrogen and oxygen atoms in total. The van der Waals surface area contributed by atoms with Gasteiger partial charge in [0.1, 0.15) is 11.5 Å². The standard InChI is InChI=1S/C25H26N6O2/c1-16-15-22(30(2)29-16)25(33)31-13-11-18(12-14-31)24(32)26-19-9-7-17(8-10-19)23-27-20-5-3-4-6-21(20)28-23/h3-10,15,18H,11-14H2,1-2H3,(H,26,32)(H,27,28). The van der Waals surface area contributed by atoms with Crippen molar-refractivity contribution in [3.8, 4) is 11.4 Å². The summed E-state index contributed by atoms with van der Waals surface area (Å²) in [6.07, 6.45) is 1.29. The summed E-state index contributed by atoms with van der Waals surface area (Å²) >= 11 is 0. The van der Waals surface area contributed by atoms with E-state index in [1.165, 1.54) is 0 Å². The second kappa shape index (κ2) is 8.54. The average molecular weight is 443 g/mol. The molecule has 5 rings (SSSR count). The van der Waals surface area contributed by atoms with Crippen LogP contribution in [-0.2, 0) is 11.8 Å². The number of nitrogens with zero attached hydrogens (tertiary/aromatic N) is 4. The summed E-state index contributed by atoms with van der Waals surface area (Å²) in [5.74, 6) is 0.653. The maximum Gasteiger partial charge on any atom is 0.272 e. The number of carbonyl (C=O) groups is 2. The number of hydrogen-bond acceptors (Lipinski definition) is 4. The molecule has 2 amide bonds. The lowest BCUT2D eigenvalue weighted by atomic mass is 9.95. The van der Waals surface area contributed by atoms with Crippen molar-refractivity contribution in [3.05, 3.63) is 66.0 Å². The van der Waals surface area contributed by atoms with E-state index in [-0.39, 0.29) is 17.7 Å². The van der Waals surface area contributed by atoms with Crippen LogP contribution in [0.3, 0.4) is 0 Å². The fraction of sp³-hybridized carbons (Fsp3) is 0.280. The van der Waals surface area contributed by atoms with Crippen LogP contribution in [0.5, 0.6) is 0 Å². The van der Waals surface area contributed by atoms with Gasteiger partial charge in [-0.3, -0.25) is 14.3 Å². The smallest absolute Gasteiger partial charge is 0.272 e. The molecule has 2 N–H and O–H groups in total. The molecule has 0 spiro atoms. The molecule has 0 unspecified atom stereocenters. The lowest BCUT2D eigenvalue weighted by Crippen LogP contribution is -2.42. The number of benzene rings is 2. The molecule has 0 radical (unpaired) electrons. The largest absolute Gasteiger partial charge is 0.338 e. The van der Waals surface area contributed by atoms with Crippen LogP contribution < -0.4 is 5.32 Å². The minimum atomic E-state index is -0.114. The molecular weight excluding hydrogens is 416 g/mol. The first kappa shape index (κ1) is 20.9. The van der Waals surface area contributed by atoms with Gasteiger partial charge in [0.25, 0.3) is 5.91 Å². The van der Waals surface area contributed by atoms with E-state index >= 15 is 0 Å². The van der Waals surface area contributed by atoms with E-state index < -0.39 is 0 Å². The highest BCUT2D eigenvalue weighted by atomic mass is 16.2. The van der Waals surface area contributed by atoms with Gasteiger partial charge in [-0.15, -0.1) is 0 Å². The zero-order valence-electron chi connectivity index (χ0n) is 18.7. The van der Waals surface area contributed by atoms with Crippen molar-refractivity contribution in [2.75, 3.05) is 18.4 Å². The van der Waals surface area contributed by atoms with Gasteiger partial charge in [-0.2, -0.15) is 5.10 Å². The average Bonchev–Trinajstić information content (AvgIpc) is 3.41. The zero-order valence-corrected chi connectivity index (χ0v) is 18.7. The van der Waals surface area contributed by atoms with E-state index in [0.29, 0.717) is 31.6 Å². The van der Waals surface area contributed by atoms with Gasteiger partial charge in [0, 0.05) is 37.3 Å². The molecule has 168 valence electrons. The van der Waals surface area contributed by atoms with E-state index in [1.54, 1.807) is 17.8 Å². The molecule has 1 aliphatic rings. The number of likely N-dealkylation sites (tertiary alicyclic amines) is 1. The first-order valence-electron chi connectivity index (χ1n) is 11.1. The third kappa shape index (κ3) is 4.24. The molecule has 2 aromatic carbocycles. The summed E-state index contributed by atoms with van der Waals surface area (Å²) < 4.78 is 1.62. The van der Waals surface area contributed by atoms with Crippen LogP contribution in [0.1, 0.15) is 29.0 Å². The normalized spacial score (nSPS) is 14.5. The fourth-order valence-corrected chi connectivity index (χ4v) is 4.36. The Balaban J connectivity index is 1.18. The molecule has 1 aliphatic heterocycles. The van der Waals surface area contributed by atoms with E-state index in [4.69, 9.17) is 0 Å². The molecule has 3 heterocycles. The quantitative estimate of drug-likeness (QED) is 0.503. The Morgan fingerprint density at radius 1 is 1.06 bits per heavy atom. The predicted molar refractivity (Wildman–Crippen MR) is 127 cm³/mol. The number of hydrogen-bond donors (Lipinski definition) is 2. The highest BCUT2D eigenvalue weighted by molar-refractivity contribution is 5.94. The van der Waals surface area contributed by atoms with Crippen LogP contribution in [0.25, 0.3) is 22.4 Å². The summed E-state index contributed by atoms with van der Waals surface area (Å²) in [6, 6.07) is 17.4. The Morgan fingerprint density at radius 2 is 1.79 bits per heavy atom. The minimum Gasteiger partial charge on any atom is -0.338 e. The molecule has 0 saturated carbocycles. The number of imidazole rings is 1. The minimum absolute atomic E-state index is 0.00466. The maximum absolute atomic E-state index is 12.8. The number of aromatic amines is 1. The van der Waals surface area contributed by atoms with Gasteiger partial charge in [-0.05, 0) is 62.2 Å². The van der Waals surface area contributed by atoms with Crippen LogP contribution >= 0.6 is 0 Å². The number of nitrogens with one attached hydrogen (secondary N) is 2. The Bertz CT molecular complexity index is 1280. The van der Waals surface area contributed by atoms with Crippen molar-refractivity contribution in [3.63, 3.8) is 0 Å². The molecule has 0 aliphatic carbocycles. The van der Waals surface area contributed by atoms with Gasteiger partial charge in [0.2, 0.25) is 5.91 Å². The van der Waals surface area contributed by atoms with Crippen LogP contribution in [0, 0.1) is 12.8 Å². The van der Waals surface area contributed by atoms with Crippen LogP contribution in [0.15, 0.2) is 54.6 Å².